The Balaban J connectivity index is 1.85. The number of nitrogens with zero attached hydrogens (tertiary/aromatic N) is 4. The molecule has 0 bridgehead atoms. The highest BCUT2D eigenvalue weighted by Gasteiger charge is 2.26. The molecule has 4 heterocycles. The molecule has 1 N–H and O–H groups in total. The van der Waals surface area contributed by atoms with Crippen molar-refractivity contribution in [1.29, 1.82) is 0 Å². The number of phenolic OH excluding ortho intramolecular Hbond substituents is 1. The van der Waals surface area contributed by atoms with Crippen molar-refractivity contribution in [2.75, 3.05) is 32.2 Å². The van der Waals surface area contributed by atoms with Gasteiger partial charge in [0.15, 0.2) is 5.82 Å². The van der Waals surface area contributed by atoms with Crippen molar-refractivity contribution in [3.63, 3.8) is 0 Å². The van der Waals surface area contributed by atoms with Crippen LogP contribution in [0.25, 0.3) is 33.1 Å². The van der Waals surface area contributed by atoms with E-state index < -0.39 is 11.6 Å². The van der Waals surface area contributed by atoms with Gasteiger partial charge in [-0.3, -0.25) is 4.98 Å². The lowest BCUT2D eigenvalue weighted by Gasteiger charge is -2.25. The van der Waals surface area contributed by atoms with Gasteiger partial charge in [0.1, 0.15) is 22.8 Å². The van der Waals surface area contributed by atoms with Crippen LogP contribution in [0.1, 0.15) is 38.2 Å². The van der Waals surface area contributed by atoms with Gasteiger partial charge >= 0.3 is 0 Å². The molecule has 36 heavy (non-hydrogen) atoms. The average molecular weight is 495 g/mol. The van der Waals surface area contributed by atoms with E-state index in [1.807, 2.05) is 0 Å². The minimum absolute atomic E-state index is 0.0364. The summed E-state index contributed by atoms with van der Waals surface area (Å²) >= 11 is 0. The molecule has 1 fully saturated rings. The normalized spacial score (nSPS) is 14.3. The number of hydrogen-bond donors (Lipinski definition) is 1. The summed E-state index contributed by atoms with van der Waals surface area (Å²) in [5.74, 6) is -0.896. The zero-order valence-electron chi connectivity index (χ0n) is 20.6. The smallest absolute Gasteiger partial charge is 0.225 e. The van der Waals surface area contributed by atoms with Crippen LogP contribution < -0.4 is 14.4 Å². The lowest BCUT2D eigenvalue weighted by atomic mass is 9.97. The molecular formula is C27H28F2N4O3. The lowest BCUT2D eigenvalue weighted by Crippen LogP contribution is -2.24. The third kappa shape index (κ3) is 4.02. The molecule has 0 radical (unpaired) electrons. The fourth-order valence-electron chi connectivity index (χ4n) is 5.08. The summed E-state index contributed by atoms with van der Waals surface area (Å²) in [7, 11) is 2.96. The predicted molar refractivity (Wildman–Crippen MR) is 135 cm³/mol. The third-order valence-corrected chi connectivity index (χ3v) is 6.79. The van der Waals surface area contributed by atoms with E-state index in [9.17, 15) is 9.50 Å². The molecule has 5 rings (SSSR count). The Morgan fingerprint density at radius 2 is 1.72 bits per heavy atom. The van der Waals surface area contributed by atoms with Crippen LogP contribution in [0, 0.1) is 11.6 Å². The monoisotopic (exact) mass is 494 g/mol. The summed E-state index contributed by atoms with van der Waals surface area (Å²) < 4.78 is 42.2. The van der Waals surface area contributed by atoms with Crippen molar-refractivity contribution < 1.29 is 23.4 Å². The first-order valence-corrected chi connectivity index (χ1v) is 12.1. The molecule has 1 saturated heterocycles. The number of phenols is 1. The highest BCUT2D eigenvalue weighted by atomic mass is 19.1. The van der Waals surface area contributed by atoms with Crippen molar-refractivity contribution in [2.45, 2.75) is 39.0 Å². The van der Waals surface area contributed by atoms with Crippen LogP contribution in [0.4, 0.5) is 14.5 Å². The first-order valence-electron chi connectivity index (χ1n) is 12.1. The quantitative estimate of drug-likeness (QED) is 0.376. The molecule has 4 aromatic rings. The van der Waals surface area contributed by atoms with Gasteiger partial charge in [0, 0.05) is 36.2 Å². The molecule has 1 aliphatic rings. The summed E-state index contributed by atoms with van der Waals surface area (Å²) in [6, 6.07) is 4.58. The standard InChI is InChI=1S/C27H28F2N4O3/c1-4-16-18(28)14-30-19-12-15(34)11-17(22(16)19)25-24(29)26-23(27(32-25)36-3)20(13-21(31-26)35-2)33-9-7-5-6-8-10-33/h11-14,34H,4-10H2,1-3H3. The number of aromatic hydroxyl groups is 1. The van der Waals surface area contributed by atoms with Gasteiger partial charge in [-0.25, -0.2) is 18.7 Å². The van der Waals surface area contributed by atoms with Crippen LogP contribution >= 0.6 is 0 Å². The van der Waals surface area contributed by atoms with Crippen molar-refractivity contribution in [2.24, 2.45) is 0 Å². The lowest BCUT2D eigenvalue weighted by molar-refractivity contribution is 0.396. The number of benzene rings is 1. The first kappa shape index (κ1) is 24.0. The number of anilines is 1. The number of rotatable bonds is 5. The molecule has 188 valence electrons. The molecule has 0 unspecified atom stereocenters. The maximum absolute atomic E-state index is 16.4. The van der Waals surface area contributed by atoms with Crippen molar-refractivity contribution in [3.8, 4) is 28.8 Å². The van der Waals surface area contributed by atoms with E-state index in [-0.39, 0.29) is 34.3 Å². The number of hydrogen-bond acceptors (Lipinski definition) is 7. The predicted octanol–water partition coefficient (Wildman–Crippen LogP) is 5.79. The molecule has 1 aromatic carbocycles. The number of ether oxygens (including phenoxy) is 2. The molecule has 0 saturated carbocycles. The molecule has 0 atom stereocenters. The van der Waals surface area contributed by atoms with Gasteiger partial charge in [0.2, 0.25) is 11.8 Å². The largest absolute Gasteiger partial charge is 0.508 e. The minimum Gasteiger partial charge on any atom is -0.508 e. The van der Waals surface area contributed by atoms with Gasteiger partial charge in [-0.05, 0) is 30.9 Å². The molecule has 0 amide bonds. The van der Waals surface area contributed by atoms with Crippen molar-refractivity contribution in [3.05, 3.63) is 41.6 Å². The van der Waals surface area contributed by atoms with Crippen LogP contribution in [0.3, 0.4) is 0 Å². The second-order valence-corrected chi connectivity index (χ2v) is 8.92. The Bertz CT molecular complexity index is 1450. The van der Waals surface area contributed by atoms with Crippen LogP contribution in [-0.2, 0) is 6.42 Å². The zero-order chi connectivity index (χ0) is 25.4. The van der Waals surface area contributed by atoms with E-state index in [1.54, 1.807) is 13.0 Å². The van der Waals surface area contributed by atoms with Gasteiger partial charge in [-0.15, -0.1) is 0 Å². The van der Waals surface area contributed by atoms with Crippen LogP contribution in [0.5, 0.6) is 17.5 Å². The number of methoxy groups -OCH3 is 2. The average Bonchev–Trinajstić information content (AvgIpc) is 3.18. The second-order valence-electron chi connectivity index (χ2n) is 8.92. The Labute approximate surface area is 207 Å². The molecule has 1 aliphatic heterocycles. The maximum atomic E-state index is 16.4. The topological polar surface area (TPSA) is 80.6 Å². The van der Waals surface area contributed by atoms with E-state index in [0.717, 1.165) is 50.7 Å². The summed E-state index contributed by atoms with van der Waals surface area (Å²) in [4.78, 5) is 15.3. The molecule has 9 heteroatoms. The van der Waals surface area contributed by atoms with Crippen LogP contribution in [-0.4, -0.2) is 47.4 Å². The minimum atomic E-state index is -0.709. The Kier molecular flexibility index (Phi) is 6.47. The van der Waals surface area contributed by atoms with Gasteiger partial charge in [0.25, 0.3) is 0 Å². The summed E-state index contributed by atoms with van der Waals surface area (Å²) in [6.07, 6.45) is 5.78. The fourth-order valence-corrected chi connectivity index (χ4v) is 5.08. The number of fused-ring (bicyclic) bond motifs is 2. The third-order valence-electron chi connectivity index (χ3n) is 6.79. The SMILES string of the molecule is CCc1c(F)cnc2cc(O)cc(-c3nc(OC)c4c(N5CCCCCC5)cc(OC)nc4c3F)c12. The van der Waals surface area contributed by atoms with E-state index in [1.165, 1.54) is 26.4 Å². The maximum Gasteiger partial charge on any atom is 0.225 e. The van der Waals surface area contributed by atoms with Crippen LogP contribution in [0.15, 0.2) is 24.4 Å². The van der Waals surface area contributed by atoms with Gasteiger partial charge in [0.05, 0.1) is 37.0 Å². The van der Waals surface area contributed by atoms with Crippen molar-refractivity contribution >= 4 is 27.5 Å². The molecule has 7 nitrogen and oxygen atoms in total. The zero-order valence-corrected chi connectivity index (χ0v) is 20.6. The van der Waals surface area contributed by atoms with Gasteiger partial charge < -0.3 is 19.5 Å². The molecular weight excluding hydrogens is 466 g/mol. The highest BCUT2D eigenvalue weighted by Crippen LogP contribution is 2.42. The van der Waals surface area contributed by atoms with E-state index in [4.69, 9.17) is 9.47 Å². The summed E-state index contributed by atoms with van der Waals surface area (Å²) in [5, 5.41) is 11.2. The van der Waals surface area contributed by atoms with E-state index in [0.29, 0.717) is 28.3 Å². The first-order chi connectivity index (χ1) is 17.5. The molecule has 0 spiro atoms. The van der Waals surface area contributed by atoms with Gasteiger partial charge in [-0.2, -0.15) is 0 Å². The Morgan fingerprint density at radius 3 is 2.39 bits per heavy atom. The molecule has 3 aromatic heterocycles. The fraction of sp³-hybridized carbons (Fsp3) is 0.370. The second kappa shape index (κ2) is 9.72. The summed E-state index contributed by atoms with van der Waals surface area (Å²) in [5.41, 5.74) is 1.59. The van der Waals surface area contributed by atoms with Crippen LogP contribution in [0.2, 0.25) is 0 Å². The summed E-state index contributed by atoms with van der Waals surface area (Å²) in [6.45, 7) is 3.44. The number of aryl methyl sites for hydroxylation is 1. The van der Waals surface area contributed by atoms with E-state index >= 15 is 4.39 Å². The number of halogens is 2. The van der Waals surface area contributed by atoms with Gasteiger partial charge in [-0.1, -0.05) is 19.8 Å². The van der Waals surface area contributed by atoms with Crippen molar-refractivity contribution in [1.82, 2.24) is 15.0 Å². The van der Waals surface area contributed by atoms with E-state index in [2.05, 4.69) is 19.9 Å². The Morgan fingerprint density at radius 1 is 0.972 bits per heavy atom. The number of aromatic nitrogens is 3. The molecule has 0 aliphatic carbocycles. The Hall–Kier alpha value is -3.75. The highest BCUT2D eigenvalue weighted by molar-refractivity contribution is 6.02. The number of pyridine rings is 3.